The highest BCUT2D eigenvalue weighted by Gasteiger charge is 2.14. The zero-order chi connectivity index (χ0) is 11.1. The molecule has 0 bridgehead atoms. The van der Waals surface area contributed by atoms with Gasteiger partial charge in [-0.3, -0.25) is 0 Å². The smallest absolute Gasteiger partial charge is 0.333 e. The van der Waals surface area contributed by atoms with Crippen molar-refractivity contribution < 1.29 is 9.53 Å². The predicted molar refractivity (Wildman–Crippen MR) is 59.0 cm³/mol. The molecule has 0 spiro atoms. The first-order valence-corrected chi connectivity index (χ1v) is 5.31. The average molecular weight is 198 g/mol. The SMILES string of the molecule is C=C(C)C(=O)OCC(CCC)C(C)C. The summed E-state index contributed by atoms with van der Waals surface area (Å²) in [5.74, 6) is 0.767. The van der Waals surface area contributed by atoms with Crippen molar-refractivity contribution in [1.29, 1.82) is 0 Å². The van der Waals surface area contributed by atoms with E-state index in [0.717, 1.165) is 12.8 Å². The molecule has 2 heteroatoms. The molecule has 0 aliphatic rings. The number of esters is 1. The molecule has 0 radical (unpaired) electrons. The van der Waals surface area contributed by atoms with Gasteiger partial charge in [-0.15, -0.1) is 0 Å². The minimum atomic E-state index is -0.272. The summed E-state index contributed by atoms with van der Waals surface area (Å²) in [4.78, 5) is 11.2. The number of rotatable bonds is 6. The average Bonchev–Trinajstić information content (AvgIpc) is 2.10. The minimum Gasteiger partial charge on any atom is -0.462 e. The van der Waals surface area contributed by atoms with Gasteiger partial charge in [-0.2, -0.15) is 0 Å². The van der Waals surface area contributed by atoms with Crippen LogP contribution in [0.4, 0.5) is 0 Å². The van der Waals surface area contributed by atoms with Crippen LogP contribution < -0.4 is 0 Å². The van der Waals surface area contributed by atoms with E-state index in [1.807, 2.05) is 0 Å². The third-order valence-corrected chi connectivity index (χ3v) is 2.38. The van der Waals surface area contributed by atoms with Gasteiger partial charge in [-0.1, -0.05) is 33.8 Å². The second kappa shape index (κ2) is 6.63. The van der Waals surface area contributed by atoms with Crippen LogP contribution in [0.5, 0.6) is 0 Å². The lowest BCUT2D eigenvalue weighted by atomic mass is 9.92. The van der Waals surface area contributed by atoms with Crippen LogP contribution in [0, 0.1) is 11.8 Å². The molecule has 82 valence electrons. The van der Waals surface area contributed by atoms with Gasteiger partial charge in [0.2, 0.25) is 0 Å². The zero-order valence-corrected chi connectivity index (χ0v) is 9.80. The van der Waals surface area contributed by atoms with Crippen LogP contribution in [-0.4, -0.2) is 12.6 Å². The van der Waals surface area contributed by atoms with Crippen LogP contribution in [-0.2, 0) is 9.53 Å². The Balaban J connectivity index is 3.93. The van der Waals surface area contributed by atoms with Gasteiger partial charge < -0.3 is 4.74 Å². The lowest BCUT2D eigenvalue weighted by Crippen LogP contribution is -2.18. The second-order valence-electron chi connectivity index (χ2n) is 4.17. The standard InChI is InChI=1S/C12H22O2/c1-6-7-11(9(2)3)8-14-12(13)10(4)5/h9,11H,4,6-8H2,1-3,5H3. The normalized spacial score (nSPS) is 12.6. The lowest BCUT2D eigenvalue weighted by molar-refractivity contribution is -0.140. The number of carbonyl (C=O) groups excluding carboxylic acids is 1. The van der Waals surface area contributed by atoms with E-state index in [4.69, 9.17) is 4.74 Å². The molecule has 0 N–H and O–H groups in total. The molecule has 0 saturated carbocycles. The largest absolute Gasteiger partial charge is 0.462 e. The molecule has 0 aromatic rings. The van der Waals surface area contributed by atoms with Gasteiger partial charge in [-0.05, 0) is 25.2 Å². The molecule has 0 amide bonds. The van der Waals surface area contributed by atoms with Gasteiger partial charge >= 0.3 is 5.97 Å². The summed E-state index contributed by atoms with van der Waals surface area (Å²) in [6.07, 6.45) is 2.24. The Bertz CT molecular complexity index is 194. The first-order valence-electron chi connectivity index (χ1n) is 5.31. The van der Waals surface area contributed by atoms with E-state index < -0.39 is 0 Å². The van der Waals surface area contributed by atoms with Crippen molar-refractivity contribution in [1.82, 2.24) is 0 Å². The van der Waals surface area contributed by atoms with Crippen molar-refractivity contribution in [3.8, 4) is 0 Å². The van der Waals surface area contributed by atoms with Crippen LogP contribution in [0.3, 0.4) is 0 Å². The van der Waals surface area contributed by atoms with Crippen LogP contribution in [0.15, 0.2) is 12.2 Å². The summed E-state index contributed by atoms with van der Waals surface area (Å²) in [6.45, 7) is 12.2. The van der Waals surface area contributed by atoms with E-state index in [1.54, 1.807) is 6.92 Å². The topological polar surface area (TPSA) is 26.3 Å². The van der Waals surface area contributed by atoms with E-state index in [-0.39, 0.29) is 5.97 Å². The number of hydrogen-bond donors (Lipinski definition) is 0. The highest BCUT2D eigenvalue weighted by molar-refractivity contribution is 5.86. The molecule has 0 saturated heterocycles. The molecular formula is C12H22O2. The molecule has 1 unspecified atom stereocenters. The number of carbonyl (C=O) groups is 1. The van der Waals surface area contributed by atoms with E-state index in [0.29, 0.717) is 24.0 Å². The third-order valence-electron chi connectivity index (χ3n) is 2.38. The van der Waals surface area contributed by atoms with Crippen LogP contribution in [0.2, 0.25) is 0 Å². The second-order valence-corrected chi connectivity index (χ2v) is 4.17. The van der Waals surface area contributed by atoms with Crippen LogP contribution in [0.25, 0.3) is 0 Å². The summed E-state index contributed by atoms with van der Waals surface area (Å²) in [7, 11) is 0. The lowest BCUT2D eigenvalue weighted by Gasteiger charge is -2.19. The fourth-order valence-electron chi connectivity index (χ4n) is 1.29. The number of hydrogen-bond acceptors (Lipinski definition) is 2. The van der Waals surface area contributed by atoms with Crippen molar-refractivity contribution in [2.75, 3.05) is 6.61 Å². The van der Waals surface area contributed by atoms with Crippen molar-refractivity contribution >= 4 is 5.97 Å². The maximum atomic E-state index is 11.2. The minimum absolute atomic E-state index is 0.272. The van der Waals surface area contributed by atoms with Gasteiger partial charge in [0.15, 0.2) is 0 Å². The molecule has 0 aliphatic carbocycles. The van der Waals surface area contributed by atoms with Crippen molar-refractivity contribution in [3.63, 3.8) is 0 Å². The zero-order valence-electron chi connectivity index (χ0n) is 9.80. The Labute approximate surface area is 87.3 Å². The number of ether oxygens (including phenoxy) is 1. The van der Waals surface area contributed by atoms with Crippen molar-refractivity contribution in [2.24, 2.45) is 11.8 Å². The molecule has 0 rings (SSSR count). The Hall–Kier alpha value is -0.790. The maximum absolute atomic E-state index is 11.2. The molecule has 0 aliphatic heterocycles. The van der Waals surface area contributed by atoms with E-state index in [9.17, 15) is 4.79 Å². The Morgan fingerprint density at radius 1 is 1.43 bits per heavy atom. The molecular weight excluding hydrogens is 176 g/mol. The highest BCUT2D eigenvalue weighted by Crippen LogP contribution is 2.17. The monoisotopic (exact) mass is 198 g/mol. The van der Waals surface area contributed by atoms with Gasteiger partial charge in [0, 0.05) is 5.57 Å². The third kappa shape index (κ3) is 5.05. The fourth-order valence-corrected chi connectivity index (χ4v) is 1.29. The summed E-state index contributed by atoms with van der Waals surface area (Å²) in [5, 5.41) is 0. The van der Waals surface area contributed by atoms with Gasteiger partial charge in [0.05, 0.1) is 6.61 Å². The van der Waals surface area contributed by atoms with Crippen LogP contribution >= 0.6 is 0 Å². The molecule has 14 heavy (non-hydrogen) atoms. The Morgan fingerprint density at radius 2 is 2.00 bits per heavy atom. The Morgan fingerprint density at radius 3 is 2.36 bits per heavy atom. The summed E-state index contributed by atoms with van der Waals surface area (Å²) >= 11 is 0. The molecule has 0 aromatic heterocycles. The summed E-state index contributed by atoms with van der Waals surface area (Å²) in [6, 6.07) is 0. The molecule has 0 aromatic carbocycles. The van der Waals surface area contributed by atoms with Gasteiger partial charge in [0.1, 0.15) is 0 Å². The van der Waals surface area contributed by atoms with Crippen molar-refractivity contribution in [2.45, 2.75) is 40.5 Å². The first kappa shape index (κ1) is 13.2. The van der Waals surface area contributed by atoms with Crippen molar-refractivity contribution in [3.05, 3.63) is 12.2 Å². The maximum Gasteiger partial charge on any atom is 0.333 e. The van der Waals surface area contributed by atoms with Gasteiger partial charge in [0.25, 0.3) is 0 Å². The summed E-state index contributed by atoms with van der Waals surface area (Å²) in [5.41, 5.74) is 0.476. The molecule has 2 nitrogen and oxygen atoms in total. The first-order chi connectivity index (χ1) is 6.49. The van der Waals surface area contributed by atoms with E-state index in [1.165, 1.54) is 0 Å². The summed E-state index contributed by atoms with van der Waals surface area (Å²) < 4.78 is 5.14. The van der Waals surface area contributed by atoms with E-state index >= 15 is 0 Å². The highest BCUT2D eigenvalue weighted by atomic mass is 16.5. The van der Waals surface area contributed by atoms with E-state index in [2.05, 4.69) is 27.4 Å². The van der Waals surface area contributed by atoms with Crippen LogP contribution in [0.1, 0.15) is 40.5 Å². The molecule has 0 heterocycles. The quantitative estimate of drug-likeness (QED) is 0.484. The molecule has 0 fully saturated rings. The Kier molecular flexibility index (Phi) is 6.26. The molecule has 1 atom stereocenters. The van der Waals surface area contributed by atoms with Gasteiger partial charge in [-0.25, -0.2) is 4.79 Å². The fraction of sp³-hybridized carbons (Fsp3) is 0.750. The predicted octanol–water partition coefficient (Wildman–Crippen LogP) is 3.18.